The van der Waals surface area contributed by atoms with Crippen molar-refractivity contribution < 1.29 is 37.9 Å². The molecule has 0 unspecified atom stereocenters. The average molecular weight is 625 g/mol. The van der Waals surface area contributed by atoms with Crippen LogP contribution in [0, 0.1) is 0 Å². The molecule has 4 rings (SSSR count). The fourth-order valence-corrected chi connectivity index (χ4v) is 12.0. The fraction of sp³-hybridized carbons (Fsp3) is 0.273. The van der Waals surface area contributed by atoms with Crippen LogP contribution in [-0.2, 0) is 0 Å². The normalized spacial score (nSPS) is 10.8. The molecular weight excluding hydrogens is 586 g/mol. The van der Waals surface area contributed by atoms with Crippen molar-refractivity contribution in [1.82, 2.24) is 0 Å². The highest BCUT2D eigenvalue weighted by atomic mass is 31.2. The molecule has 0 aliphatic heterocycles. The Labute approximate surface area is 256 Å². The standard InChI is InChI=1S/C33H38O8P2/c1-34-22-13-9-17-26(30(22)38-5)42(27-18-10-14-23(35-2)31(27)39-6)21-43(28-19-11-15-24(36-3)32(28)40-7)29-20-12-16-25(37-4)33(29)41-8/h9-20H,21H2,1-8H3. The highest BCUT2D eigenvalue weighted by Crippen LogP contribution is 2.56. The van der Waals surface area contributed by atoms with Crippen molar-refractivity contribution in [3.05, 3.63) is 72.8 Å². The predicted molar refractivity (Wildman–Crippen MR) is 175 cm³/mol. The van der Waals surface area contributed by atoms with E-state index in [1.165, 1.54) is 0 Å². The van der Waals surface area contributed by atoms with Crippen molar-refractivity contribution in [2.75, 3.05) is 62.8 Å². The zero-order valence-corrected chi connectivity index (χ0v) is 27.6. The molecule has 4 aromatic rings. The van der Waals surface area contributed by atoms with Crippen LogP contribution in [0.25, 0.3) is 0 Å². The van der Waals surface area contributed by atoms with E-state index in [2.05, 4.69) is 24.3 Å². The second-order valence-electron chi connectivity index (χ2n) is 9.05. The summed E-state index contributed by atoms with van der Waals surface area (Å²) < 4.78 is 46.9. The number of hydrogen-bond donors (Lipinski definition) is 0. The molecule has 0 radical (unpaired) electrons. The fourth-order valence-electron chi connectivity index (χ4n) is 5.04. The molecule has 8 nitrogen and oxygen atoms in total. The smallest absolute Gasteiger partial charge is 0.168 e. The Bertz CT molecular complexity index is 1300. The molecule has 0 aliphatic rings. The number of ether oxygens (including phenoxy) is 8. The van der Waals surface area contributed by atoms with E-state index in [4.69, 9.17) is 37.9 Å². The van der Waals surface area contributed by atoms with E-state index >= 15 is 0 Å². The van der Waals surface area contributed by atoms with Gasteiger partial charge >= 0.3 is 0 Å². The lowest BCUT2D eigenvalue weighted by Crippen LogP contribution is -2.24. The number of para-hydroxylation sites is 4. The Balaban J connectivity index is 2.08. The largest absolute Gasteiger partial charge is 0.493 e. The van der Waals surface area contributed by atoms with Crippen LogP contribution in [-0.4, -0.2) is 62.8 Å². The summed E-state index contributed by atoms with van der Waals surface area (Å²) in [6.45, 7) is 0. The molecule has 0 bridgehead atoms. The molecule has 0 N–H and O–H groups in total. The molecule has 0 atom stereocenters. The van der Waals surface area contributed by atoms with Gasteiger partial charge in [-0.15, -0.1) is 0 Å². The Morgan fingerprint density at radius 1 is 0.349 bits per heavy atom. The predicted octanol–water partition coefficient (Wildman–Crippen LogP) is 5.28. The molecule has 0 heterocycles. The summed E-state index contributed by atoms with van der Waals surface area (Å²) in [6.07, 6.45) is 0. The minimum atomic E-state index is -1.17. The van der Waals surface area contributed by atoms with Gasteiger partial charge in [0.05, 0.1) is 56.9 Å². The van der Waals surface area contributed by atoms with Crippen LogP contribution < -0.4 is 59.1 Å². The first kappa shape index (κ1) is 32.1. The van der Waals surface area contributed by atoms with E-state index < -0.39 is 15.8 Å². The third kappa shape index (κ3) is 6.41. The Morgan fingerprint density at radius 2 is 0.581 bits per heavy atom. The van der Waals surface area contributed by atoms with Crippen molar-refractivity contribution >= 4 is 37.1 Å². The molecule has 0 saturated carbocycles. The number of rotatable bonds is 14. The lowest BCUT2D eigenvalue weighted by Gasteiger charge is -2.30. The van der Waals surface area contributed by atoms with Crippen molar-refractivity contribution in [1.29, 1.82) is 0 Å². The number of benzene rings is 4. The van der Waals surface area contributed by atoms with Gasteiger partial charge in [-0.25, -0.2) is 0 Å². The molecule has 43 heavy (non-hydrogen) atoms. The molecule has 10 heteroatoms. The van der Waals surface area contributed by atoms with Crippen molar-refractivity contribution in [3.63, 3.8) is 0 Å². The molecule has 228 valence electrons. The van der Waals surface area contributed by atoms with Gasteiger partial charge in [-0.2, -0.15) is 0 Å². The first-order chi connectivity index (χ1) is 21.0. The van der Waals surface area contributed by atoms with Crippen LogP contribution >= 0.6 is 15.8 Å². The van der Waals surface area contributed by atoms with Crippen molar-refractivity contribution in [2.24, 2.45) is 0 Å². The van der Waals surface area contributed by atoms with Gasteiger partial charge in [-0.1, -0.05) is 48.5 Å². The van der Waals surface area contributed by atoms with Gasteiger partial charge in [0, 0.05) is 27.1 Å². The quantitative estimate of drug-likeness (QED) is 0.176. The summed E-state index contributed by atoms with van der Waals surface area (Å²) in [7, 11) is 10.9. The first-order valence-electron chi connectivity index (χ1n) is 13.4. The summed E-state index contributed by atoms with van der Waals surface area (Å²) in [4.78, 5) is 0. The van der Waals surface area contributed by atoms with Crippen molar-refractivity contribution in [3.8, 4) is 46.0 Å². The SMILES string of the molecule is COc1cccc(P(CP(c2cccc(OC)c2OC)c2cccc(OC)c2OC)c2cccc(OC)c2OC)c1OC. The van der Waals surface area contributed by atoms with E-state index in [0.29, 0.717) is 51.9 Å². The highest BCUT2D eigenvalue weighted by molar-refractivity contribution is 7.88. The van der Waals surface area contributed by atoms with Crippen LogP contribution in [0.2, 0.25) is 0 Å². The van der Waals surface area contributed by atoms with E-state index in [1.54, 1.807) is 56.9 Å². The summed E-state index contributed by atoms with van der Waals surface area (Å²) in [5, 5.41) is 4.00. The Morgan fingerprint density at radius 3 is 0.767 bits per heavy atom. The van der Waals surface area contributed by atoms with Crippen molar-refractivity contribution in [2.45, 2.75) is 0 Å². The summed E-state index contributed by atoms with van der Waals surface area (Å²) in [6, 6.07) is 23.9. The third-order valence-corrected chi connectivity index (χ3v) is 13.0. The van der Waals surface area contributed by atoms with E-state index in [1.807, 2.05) is 48.5 Å². The molecule has 0 spiro atoms. The van der Waals surface area contributed by atoms with Crippen LogP contribution in [0.15, 0.2) is 72.8 Å². The lowest BCUT2D eigenvalue weighted by molar-refractivity contribution is 0.356. The monoisotopic (exact) mass is 624 g/mol. The molecule has 0 amide bonds. The second-order valence-corrected chi connectivity index (χ2v) is 13.8. The minimum Gasteiger partial charge on any atom is -0.493 e. The maximum atomic E-state index is 5.99. The van der Waals surface area contributed by atoms with Gasteiger partial charge in [0.15, 0.2) is 46.0 Å². The lowest BCUT2D eigenvalue weighted by atomic mass is 10.3. The van der Waals surface area contributed by atoms with Gasteiger partial charge in [0.25, 0.3) is 0 Å². The topological polar surface area (TPSA) is 73.8 Å². The molecular formula is C33H38O8P2. The molecule has 0 aromatic heterocycles. The molecule has 4 aromatic carbocycles. The number of hydrogen-bond acceptors (Lipinski definition) is 8. The zero-order valence-electron chi connectivity index (χ0n) is 25.8. The van der Waals surface area contributed by atoms with E-state index in [0.717, 1.165) is 21.2 Å². The van der Waals surface area contributed by atoms with E-state index in [9.17, 15) is 0 Å². The minimum absolute atomic E-state index is 0.650. The van der Waals surface area contributed by atoms with Gasteiger partial charge in [-0.05, 0) is 40.1 Å². The van der Waals surface area contributed by atoms with Crippen LogP contribution in [0.3, 0.4) is 0 Å². The van der Waals surface area contributed by atoms with Crippen LogP contribution in [0.4, 0.5) is 0 Å². The molecule has 0 aliphatic carbocycles. The average Bonchev–Trinajstić information content (AvgIpc) is 3.07. The maximum absolute atomic E-state index is 5.99. The van der Waals surface area contributed by atoms with Gasteiger partial charge < -0.3 is 37.9 Å². The van der Waals surface area contributed by atoms with Gasteiger partial charge in [0.1, 0.15) is 0 Å². The molecule has 0 saturated heterocycles. The first-order valence-corrected chi connectivity index (χ1v) is 16.5. The third-order valence-electron chi connectivity index (χ3n) is 6.97. The zero-order chi connectivity index (χ0) is 30.9. The summed E-state index contributed by atoms with van der Waals surface area (Å²) >= 11 is 0. The van der Waals surface area contributed by atoms with Crippen LogP contribution in [0.1, 0.15) is 0 Å². The summed E-state index contributed by atoms with van der Waals surface area (Å²) in [5.74, 6) is 5.96. The van der Waals surface area contributed by atoms with Crippen LogP contribution in [0.5, 0.6) is 46.0 Å². The Kier molecular flexibility index (Phi) is 11.2. The molecule has 0 fully saturated rings. The maximum Gasteiger partial charge on any atom is 0.168 e. The summed E-state index contributed by atoms with van der Waals surface area (Å²) in [5.41, 5.74) is 0. The highest BCUT2D eigenvalue weighted by Gasteiger charge is 2.33. The van der Waals surface area contributed by atoms with Gasteiger partial charge in [-0.3, -0.25) is 0 Å². The number of methoxy groups -OCH3 is 8. The Hall–Kier alpha value is -3.86. The second kappa shape index (κ2) is 15.0. The van der Waals surface area contributed by atoms with Gasteiger partial charge in [0.2, 0.25) is 0 Å². The van der Waals surface area contributed by atoms with E-state index in [-0.39, 0.29) is 0 Å².